The topological polar surface area (TPSA) is 81.8 Å². The molecule has 5 heteroatoms. The highest BCUT2D eigenvalue weighted by molar-refractivity contribution is 5.66. The number of methoxy groups -OCH3 is 1. The summed E-state index contributed by atoms with van der Waals surface area (Å²) in [5.74, 6) is 0.379. The Kier molecular flexibility index (Phi) is 4.44. The normalized spacial score (nSPS) is 9.81. The van der Waals surface area contributed by atoms with Gasteiger partial charge < -0.3 is 20.3 Å². The first-order valence-corrected chi connectivity index (χ1v) is 4.91. The number of ether oxygens (including phenoxy) is 2. The fraction of sp³-hybridized carbons (Fsp3) is 0.364. The molecule has 0 saturated heterocycles. The Hall–Kier alpha value is -1.91. The van der Waals surface area contributed by atoms with Crippen molar-refractivity contribution in [2.75, 3.05) is 19.5 Å². The van der Waals surface area contributed by atoms with Crippen LogP contribution in [0, 0.1) is 0 Å². The standard InChI is InChI=1S/C11H15NO4/c1-15-9-5-8(12)6-10(7-9)16-4-2-3-11(13)14/h5-7H,2-4,12H2,1H3,(H,13,14). The predicted octanol–water partition coefficient (Wildman–Crippen LogP) is 1.52. The molecule has 0 bridgehead atoms. The highest BCUT2D eigenvalue weighted by Gasteiger charge is 2.01. The number of carboxylic acid groups (broad SMARTS) is 1. The van der Waals surface area contributed by atoms with Crippen molar-refractivity contribution in [1.82, 2.24) is 0 Å². The summed E-state index contributed by atoms with van der Waals surface area (Å²) in [6, 6.07) is 5.06. The lowest BCUT2D eigenvalue weighted by molar-refractivity contribution is -0.137. The average molecular weight is 225 g/mol. The van der Waals surface area contributed by atoms with Crippen LogP contribution in [0.2, 0.25) is 0 Å². The average Bonchev–Trinajstić information content (AvgIpc) is 2.23. The quantitative estimate of drug-likeness (QED) is 0.566. The molecule has 0 fully saturated rings. The highest BCUT2D eigenvalue weighted by Crippen LogP contribution is 2.24. The van der Waals surface area contributed by atoms with Crippen molar-refractivity contribution in [3.8, 4) is 11.5 Å². The molecule has 0 heterocycles. The molecule has 3 N–H and O–H groups in total. The van der Waals surface area contributed by atoms with E-state index in [1.54, 1.807) is 25.3 Å². The van der Waals surface area contributed by atoms with Crippen LogP contribution < -0.4 is 15.2 Å². The SMILES string of the molecule is COc1cc(N)cc(OCCCC(=O)O)c1. The van der Waals surface area contributed by atoms with E-state index in [1.165, 1.54) is 0 Å². The zero-order valence-electron chi connectivity index (χ0n) is 9.10. The second-order valence-corrected chi connectivity index (χ2v) is 3.29. The minimum atomic E-state index is -0.825. The van der Waals surface area contributed by atoms with Gasteiger partial charge in [-0.2, -0.15) is 0 Å². The third-order valence-electron chi connectivity index (χ3n) is 1.94. The summed E-state index contributed by atoms with van der Waals surface area (Å²) < 4.78 is 10.4. The second-order valence-electron chi connectivity index (χ2n) is 3.29. The van der Waals surface area contributed by atoms with E-state index >= 15 is 0 Å². The number of hydrogen-bond donors (Lipinski definition) is 2. The molecular formula is C11H15NO4. The second kappa shape index (κ2) is 5.85. The molecule has 5 nitrogen and oxygen atoms in total. The van der Waals surface area contributed by atoms with Crippen LogP contribution in [-0.2, 0) is 4.79 Å². The number of benzene rings is 1. The Morgan fingerprint density at radius 1 is 1.38 bits per heavy atom. The molecule has 0 aliphatic carbocycles. The maximum Gasteiger partial charge on any atom is 0.303 e. The van der Waals surface area contributed by atoms with Gasteiger partial charge in [-0.3, -0.25) is 4.79 Å². The number of nitrogen functional groups attached to an aromatic ring is 1. The molecule has 1 aromatic rings. The maximum absolute atomic E-state index is 10.3. The van der Waals surface area contributed by atoms with E-state index in [0.29, 0.717) is 30.2 Å². The van der Waals surface area contributed by atoms with Gasteiger partial charge in [0.15, 0.2) is 0 Å². The summed E-state index contributed by atoms with van der Waals surface area (Å²) in [7, 11) is 1.54. The van der Waals surface area contributed by atoms with Crippen molar-refractivity contribution in [2.45, 2.75) is 12.8 Å². The van der Waals surface area contributed by atoms with Gasteiger partial charge in [0, 0.05) is 30.3 Å². The first-order chi connectivity index (χ1) is 7.61. The Balaban J connectivity index is 2.47. The largest absolute Gasteiger partial charge is 0.497 e. The molecule has 0 aliphatic heterocycles. The zero-order chi connectivity index (χ0) is 12.0. The first kappa shape index (κ1) is 12.2. The number of aliphatic carboxylic acids is 1. The van der Waals surface area contributed by atoms with Crippen LogP contribution >= 0.6 is 0 Å². The van der Waals surface area contributed by atoms with Gasteiger partial charge in [-0.1, -0.05) is 0 Å². The minimum Gasteiger partial charge on any atom is -0.497 e. The van der Waals surface area contributed by atoms with E-state index in [1.807, 2.05) is 0 Å². The molecule has 0 aromatic heterocycles. The van der Waals surface area contributed by atoms with Gasteiger partial charge in [0.1, 0.15) is 11.5 Å². The summed E-state index contributed by atoms with van der Waals surface area (Å²) in [6.07, 6.45) is 0.561. The third-order valence-corrected chi connectivity index (χ3v) is 1.94. The number of carbonyl (C=O) groups is 1. The molecule has 0 radical (unpaired) electrons. The molecule has 0 unspecified atom stereocenters. The number of anilines is 1. The number of carboxylic acids is 1. The molecule has 1 aromatic carbocycles. The summed E-state index contributed by atoms with van der Waals surface area (Å²) in [5, 5.41) is 8.44. The summed E-state index contributed by atoms with van der Waals surface area (Å²) in [4.78, 5) is 10.3. The Morgan fingerprint density at radius 3 is 2.69 bits per heavy atom. The van der Waals surface area contributed by atoms with Gasteiger partial charge in [-0.05, 0) is 6.42 Å². The molecule has 88 valence electrons. The minimum absolute atomic E-state index is 0.0967. The van der Waals surface area contributed by atoms with E-state index in [9.17, 15) is 4.79 Å². The van der Waals surface area contributed by atoms with Gasteiger partial charge in [-0.25, -0.2) is 0 Å². The molecule has 0 spiro atoms. The van der Waals surface area contributed by atoms with Crippen LogP contribution in [0.5, 0.6) is 11.5 Å². The van der Waals surface area contributed by atoms with Gasteiger partial charge >= 0.3 is 5.97 Å². The lowest BCUT2D eigenvalue weighted by atomic mass is 10.3. The summed E-state index contributed by atoms with van der Waals surface area (Å²) in [6.45, 7) is 0.346. The fourth-order valence-corrected chi connectivity index (χ4v) is 1.21. The zero-order valence-corrected chi connectivity index (χ0v) is 9.10. The van der Waals surface area contributed by atoms with E-state index in [-0.39, 0.29) is 6.42 Å². The Morgan fingerprint density at radius 2 is 2.06 bits per heavy atom. The smallest absolute Gasteiger partial charge is 0.303 e. The number of nitrogens with two attached hydrogens (primary N) is 1. The fourth-order valence-electron chi connectivity index (χ4n) is 1.21. The lowest BCUT2D eigenvalue weighted by Crippen LogP contribution is -2.02. The van der Waals surface area contributed by atoms with Crippen LogP contribution in [0.15, 0.2) is 18.2 Å². The molecule has 16 heavy (non-hydrogen) atoms. The summed E-state index contributed by atoms with van der Waals surface area (Å²) in [5.41, 5.74) is 6.18. The van der Waals surface area contributed by atoms with Crippen LogP contribution in [0.3, 0.4) is 0 Å². The molecule has 0 aliphatic rings. The predicted molar refractivity (Wildman–Crippen MR) is 59.8 cm³/mol. The van der Waals surface area contributed by atoms with E-state index in [2.05, 4.69) is 0 Å². The monoisotopic (exact) mass is 225 g/mol. The van der Waals surface area contributed by atoms with Crippen molar-refractivity contribution >= 4 is 11.7 Å². The van der Waals surface area contributed by atoms with Crippen LogP contribution in [0.4, 0.5) is 5.69 Å². The van der Waals surface area contributed by atoms with Crippen molar-refractivity contribution in [1.29, 1.82) is 0 Å². The van der Waals surface area contributed by atoms with Crippen LogP contribution in [-0.4, -0.2) is 24.8 Å². The molecular weight excluding hydrogens is 210 g/mol. The molecule has 0 atom stereocenters. The number of hydrogen-bond acceptors (Lipinski definition) is 4. The lowest BCUT2D eigenvalue weighted by Gasteiger charge is -2.08. The van der Waals surface area contributed by atoms with Crippen molar-refractivity contribution in [3.05, 3.63) is 18.2 Å². The van der Waals surface area contributed by atoms with E-state index in [0.717, 1.165) is 0 Å². The Bertz CT molecular complexity index is 365. The molecule has 0 amide bonds. The van der Waals surface area contributed by atoms with Crippen molar-refractivity contribution < 1.29 is 19.4 Å². The van der Waals surface area contributed by atoms with Gasteiger partial charge in [0.25, 0.3) is 0 Å². The maximum atomic E-state index is 10.3. The van der Waals surface area contributed by atoms with Gasteiger partial charge in [0.05, 0.1) is 13.7 Å². The van der Waals surface area contributed by atoms with Crippen molar-refractivity contribution in [3.63, 3.8) is 0 Å². The summed E-state index contributed by atoms with van der Waals surface area (Å²) >= 11 is 0. The third kappa shape index (κ3) is 4.08. The Labute approximate surface area is 93.8 Å². The van der Waals surface area contributed by atoms with E-state index < -0.39 is 5.97 Å². The van der Waals surface area contributed by atoms with Gasteiger partial charge in [0.2, 0.25) is 0 Å². The van der Waals surface area contributed by atoms with Crippen LogP contribution in [0.1, 0.15) is 12.8 Å². The van der Waals surface area contributed by atoms with Crippen LogP contribution in [0.25, 0.3) is 0 Å². The first-order valence-electron chi connectivity index (χ1n) is 4.91. The van der Waals surface area contributed by atoms with E-state index in [4.69, 9.17) is 20.3 Å². The molecule has 0 saturated carbocycles. The van der Waals surface area contributed by atoms with Crippen molar-refractivity contribution in [2.24, 2.45) is 0 Å². The highest BCUT2D eigenvalue weighted by atomic mass is 16.5. The van der Waals surface area contributed by atoms with Gasteiger partial charge in [-0.15, -0.1) is 0 Å². The number of rotatable bonds is 6. The molecule has 1 rings (SSSR count).